The fourth-order valence-corrected chi connectivity index (χ4v) is 2.54. The number of carbonyl (C=O) groups is 2. The van der Waals surface area contributed by atoms with Crippen molar-refractivity contribution in [3.05, 3.63) is 40.7 Å². The summed E-state index contributed by atoms with van der Waals surface area (Å²) < 4.78 is 26.9. The smallest absolute Gasteiger partial charge is 0.276 e. The minimum atomic E-state index is -1.13. The zero-order chi connectivity index (χ0) is 17.3. The van der Waals surface area contributed by atoms with Crippen molar-refractivity contribution < 1.29 is 18.4 Å². The fraction of sp³-hybridized carbons (Fsp3) is 0.267. The second-order valence-corrected chi connectivity index (χ2v) is 5.40. The predicted octanol–water partition coefficient (Wildman–Crippen LogP) is 1.97. The number of rotatable bonds is 3. The Labute approximate surface area is 148 Å². The number of fused-ring (bicyclic) bond motifs is 1. The molecule has 2 heterocycles. The minimum absolute atomic E-state index is 0. The number of hydrogen-bond donors (Lipinski definition) is 4. The highest BCUT2D eigenvalue weighted by Gasteiger charge is 2.23. The number of nitrogens with one attached hydrogen (secondary N) is 4. The van der Waals surface area contributed by atoms with Gasteiger partial charge in [-0.05, 0) is 0 Å². The molecule has 25 heavy (non-hydrogen) atoms. The van der Waals surface area contributed by atoms with Gasteiger partial charge in [-0.2, -0.15) is 5.10 Å². The van der Waals surface area contributed by atoms with Crippen LogP contribution in [0.15, 0.2) is 12.1 Å². The van der Waals surface area contributed by atoms with E-state index in [1.807, 2.05) is 0 Å². The molecule has 1 aliphatic heterocycles. The Balaban J connectivity index is 0.00000225. The van der Waals surface area contributed by atoms with E-state index >= 15 is 0 Å². The highest BCUT2D eigenvalue weighted by atomic mass is 35.5. The summed E-state index contributed by atoms with van der Waals surface area (Å²) in [6.45, 7) is 2.50. The van der Waals surface area contributed by atoms with E-state index in [1.54, 1.807) is 0 Å². The molecule has 0 spiro atoms. The van der Waals surface area contributed by atoms with E-state index in [9.17, 15) is 18.4 Å². The van der Waals surface area contributed by atoms with Gasteiger partial charge in [0.05, 0.1) is 11.4 Å². The molecule has 7 nitrogen and oxygen atoms in total. The molecule has 2 amide bonds. The number of aromatic nitrogens is 2. The summed E-state index contributed by atoms with van der Waals surface area (Å²) >= 11 is 0. The Kier molecular flexibility index (Phi) is 5.70. The first-order chi connectivity index (χ1) is 11.5. The topological polar surface area (TPSA) is 98.9 Å². The first kappa shape index (κ1) is 18.8. The second kappa shape index (κ2) is 7.58. The molecule has 0 saturated heterocycles. The van der Waals surface area contributed by atoms with Crippen molar-refractivity contribution in [3.63, 3.8) is 0 Å². The van der Waals surface area contributed by atoms with Crippen LogP contribution < -0.4 is 16.0 Å². The second-order valence-electron chi connectivity index (χ2n) is 5.40. The van der Waals surface area contributed by atoms with Gasteiger partial charge in [0.25, 0.3) is 5.91 Å². The van der Waals surface area contributed by atoms with Gasteiger partial charge in [0, 0.05) is 49.8 Å². The summed E-state index contributed by atoms with van der Waals surface area (Å²) in [4.78, 5) is 23.6. The van der Waals surface area contributed by atoms with Crippen molar-refractivity contribution in [2.45, 2.75) is 19.9 Å². The molecule has 134 valence electrons. The van der Waals surface area contributed by atoms with Gasteiger partial charge in [0.15, 0.2) is 17.3 Å². The standard InChI is InChI=1S/C15H15F2N5O2.ClH/c1-7(23)19-12-4-9(16)10(17)5-13(12)20-15(24)14-8-6-18-3-2-11(8)21-22-14;/h4-5,18H,2-3,6H2,1H3,(H,19,23)(H,20,24)(H,21,22);1H. The van der Waals surface area contributed by atoms with Crippen molar-refractivity contribution in [2.24, 2.45) is 0 Å². The Morgan fingerprint density at radius 1 is 1.16 bits per heavy atom. The van der Waals surface area contributed by atoms with Crippen LogP contribution >= 0.6 is 12.4 Å². The van der Waals surface area contributed by atoms with Crippen molar-refractivity contribution in [1.29, 1.82) is 0 Å². The number of anilines is 2. The van der Waals surface area contributed by atoms with Gasteiger partial charge in [-0.1, -0.05) is 0 Å². The van der Waals surface area contributed by atoms with Crippen molar-refractivity contribution in [2.75, 3.05) is 17.2 Å². The first-order valence-electron chi connectivity index (χ1n) is 7.30. The predicted molar refractivity (Wildman–Crippen MR) is 89.9 cm³/mol. The maximum absolute atomic E-state index is 13.5. The van der Waals surface area contributed by atoms with Crippen LogP contribution in [0.5, 0.6) is 0 Å². The summed E-state index contributed by atoms with van der Waals surface area (Å²) in [5, 5.41) is 14.8. The molecule has 0 fully saturated rings. The van der Waals surface area contributed by atoms with Crippen LogP contribution in [0, 0.1) is 11.6 Å². The van der Waals surface area contributed by atoms with Crippen molar-refractivity contribution in [1.82, 2.24) is 15.5 Å². The molecule has 4 N–H and O–H groups in total. The summed E-state index contributed by atoms with van der Waals surface area (Å²) in [6.07, 6.45) is 0.720. The van der Waals surface area contributed by atoms with Gasteiger partial charge in [-0.25, -0.2) is 8.78 Å². The third kappa shape index (κ3) is 3.94. The molecule has 0 radical (unpaired) electrons. The molecule has 1 aromatic heterocycles. The highest BCUT2D eigenvalue weighted by molar-refractivity contribution is 6.07. The van der Waals surface area contributed by atoms with Gasteiger partial charge in [0.1, 0.15) is 0 Å². The van der Waals surface area contributed by atoms with Gasteiger partial charge in [0.2, 0.25) is 5.91 Å². The molecule has 3 rings (SSSR count). The van der Waals surface area contributed by atoms with E-state index in [4.69, 9.17) is 0 Å². The zero-order valence-electron chi connectivity index (χ0n) is 13.2. The summed E-state index contributed by atoms with van der Waals surface area (Å²) in [5.41, 5.74) is 1.70. The Morgan fingerprint density at radius 3 is 2.44 bits per heavy atom. The fourth-order valence-electron chi connectivity index (χ4n) is 2.54. The molecule has 0 bridgehead atoms. The lowest BCUT2D eigenvalue weighted by Gasteiger charge is -2.14. The van der Waals surface area contributed by atoms with Gasteiger partial charge in [-0.3, -0.25) is 14.7 Å². The number of benzene rings is 1. The highest BCUT2D eigenvalue weighted by Crippen LogP contribution is 2.26. The van der Waals surface area contributed by atoms with Crippen molar-refractivity contribution in [3.8, 4) is 0 Å². The summed E-state index contributed by atoms with van der Waals surface area (Å²) in [5.74, 6) is -3.31. The normalized spacial score (nSPS) is 12.8. The number of halogens is 3. The van der Waals surface area contributed by atoms with Gasteiger partial charge in [-0.15, -0.1) is 12.4 Å². The lowest BCUT2D eigenvalue weighted by Crippen LogP contribution is -2.25. The number of carbonyl (C=O) groups excluding carboxylic acids is 2. The number of aromatic amines is 1. The molecule has 0 atom stereocenters. The number of H-pyrrole nitrogens is 1. The van der Waals surface area contributed by atoms with E-state index in [-0.39, 0.29) is 29.5 Å². The Morgan fingerprint density at radius 2 is 1.80 bits per heavy atom. The Bertz CT molecular complexity index is 824. The van der Waals surface area contributed by atoms with Gasteiger partial charge < -0.3 is 16.0 Å². The molecule has 0 saturated carbocycles. The third-order valence-electron chi connectivity index (χ3n) is 3.64. The lowest BCUT2D eigenvalue weighted by molar-refractivity contribution is -0.114. The quantitative estimate of drug-likeness (QED) is 0.663. The lowest BCUT2D eigenvalue weighted by atomic mass is 10.1. The number of hydrogen-bond acceptors (Lipinski definition) is 4. The average Bonchev–Trinajstić information content (AvgIpc) is 2.95. The summed E-state index contributed by atoms with van der Waals surface area (Å²) in [6, 6.07) is 1.63. The largest absolute Gasteiger partial charge is 0.324 e. The first-order valence-corrected chi connectivity index (χ1v) is 7.30. The molecule has 0 aliphatic carbocycles. The zero-order valence-corrected chi connectivity index (χ0v) is 14.0. The number of amides is 2. The van der Waals surface area contributed by atoms with Crippen LogP contribution in [0.1, 0.15) is 28.7 Å². The Hall–Kier alpha value is -2.52. The van der Waals surface area contributed by atoms with E-state index in [1.165, 1.54) is 6.92 Å². The molecule has 10 heteroatoms. The molecular weight excluding hydrogens is 356 g/mol. The maximum Gasteiger partial charge on any atom is 0.276 e. The van der Waals surface area contributed by atoms with E-state index in [2.05, 4.69) is 26.1 Å². The van der Waals surface area contributed by atoms with E-state index in [0.717, 1.165) is 36.4 Å². The molecular formula is C15H16ClF2N5O2. The van der Waals surface area contributed by atoms with Crippen LogP contribution in [0.25, 0.3) is 0 Å². The minimum Gasteiger partial charge on any atom is -0.324 e. The molecule has 1 aromatic carbocycles. The maximum atomic E-state index is 13.5. The van der Waals surface area contributed by atoms with Crippen LogP contribution in [0.3, 0.4) is 0 Å². The van der Waals surface area contributed by atoms with Crippen LogP contribution in [-0.2, 0) is 17.8 Å². The van der Waals surface area contributed by atoms with Crippen molar-refractivity contribution >= 4 is 35.6 Å². The van der Waals surface area contributed by atoms with E-state index < -0.39 is 23.4 Å². The molecule has 0 unspecified atom stereocenters. The summed E-state index contributed by atoms with van der Waals surface area (Å²) in [7, 11) is 0. The molecule has 1 aliphatic rings. The monoisotopic (exact) mass is 371 g/mol. The third-order valence-corrected chi connectivity index (χ3v) is 3.64. The van der Waals surface area contributed by atoms with E-state index in [0.29, 0.717) is 6.54 Å². The van der Waals surface area contributed by atoms with Gasteiger partial charge >= 0.3 is 0 Å². The average molecular weight is 372 g/mol. The number of nitrogens with zero attached hydrogens (tertiary/aromatic N) is 1. The van der Waals surface area contributed by atoms with Crippen LogP contribution in [-0.4, -0.2) is 28.6 Å². The SMILES string of the molecule is CC(=O)Nc1cc(F)c(F)cc1NC(=O)c1n[nH]c2c1CNCC2.Cl. The van der Waals surface area contributed by atoms with Crippen LogP contribution in [0.4, 0.5) is 20.2 Å². The van der Waals surface area contributed by atoms with Crippen LogP contribution in [0.2, 0.25) is 0 Å². The molecule has 2 aromatic rings.